The molecule has 5 nitrogen and oxygen atoms in total. The van der Waals surface area contributed by atoms with Crippen LogP contribution in [0.2, 0.25) is 0 Å². The normalized spacial score (nSPS) is 8.25. The van der Waals surface area contributed by atoms with Crippen molar-refractivity contribution in [3.05, 3.63) is 24.3 Å². The molecule has 0 spiro atoms. The smallest absolute Gasteiger partial charge is 0.333 e. The van der Waals surface area contributed by atoms with Crippen molar-refractivity contribution in [2.45, 2.75) is 13.8 Å². The van der Waals surface area contributed by atoms with E-state index in [-0.39, 0.29) is 13.2 Å². The van der Waals surface area contributed by atoms with E-state index < -0.39 is 11.9 Å². The lowest BCUT2D eigenvalue weighted by Crippen LogP contribution is -2.14. The SMILES string of the molecule is C=C(C)C(=O)OCCOC(=O)C(=C)C.CO. The molecule has 0 heterocycles. The van der Waals surface area contributed by atoms with E-state index in [9.17, 15) is 9.59 Å². The number of carbonyl (C=O) groups excluding carboxylic acids is 2. The summed E-state index contributed by atoms with van der Waals surface area (Å²) >= 11 is 0. The van der Waals surface area contributed by atoms with Gasteiger partial charge in [0.2, 0.25) is 0 Å². The number of aliphatic hydroxyl groups is 1. The van der Waals surface area contributed by atoms with Gasteiger partial charge in [-0.1, -0.05) is 13.2 Å². The van der Waals surface area contributed by atoms with Crippen LogP contribution in [0.4, 0.5) is 0 Å². The molecule has 0 amide bonds. The van der Waals surface area contributed by atoms with E-state index in [2.05, 4.69) is 22.6 Å². The maximum atomic E-state index is 10.8. The fourth-order valence-electron chi connectivity index (χ4n) is 0.515. The van der Waals surface area contributed by atoms with Crippen molar-refractivity contribution in [1.82, 2.24) is 0 Å². The number of rotatable bonds is 5. The molecular formula is C11H18O5. The van der Waals surface area contributed by atoms with Gasteiger partial charge in [0, 0.05) is 18.3 Å². The summed E-state index contributed by atoms with van der Waals surface area (Å²) in [4.78, 5) is 21.7. The predicted molar refractivity (Wildman–Crippen MR) is 59.7 cm³/mol. The molecule has 92 valence electrons. The second kappa shape index (κ2) is 9.92. The highest BCUT2D eigenvalue weighted by Crippen LogP contribution is 1.94. The van der Waals surface area contributed by atoms with Gasteiger partial charge in [0.05, 0.1) is 0 Å². The molecule has 0 aliphatic heterocycles. The fraction of sp³-hybridized carbons (Fsp3) is 0.455. The molecule has 0 aromatic heterocycles. The summed E-state index contributed by atoms with van der Waals surface area (Å²) in [6.07, 6.45) is 0. The third kappa shape index (κ3) is 8.96. The first-order valence-corrected chi connectivity index (χ1v) is 4.55. The molecule has 5 heteroatoms. The molecular weight excluding hydrogens is 212 g/mol. The Balaban J connectivity index is 0. The fourth-order valence-corrected chi connectivity index (χ4v) is 0.515. The zero-order valence-electron chi connectivity index (χ0n) is 9.91. The molecule has 0 aromatic carbocycles. The Bertz CT molecular complexity index is 240. The average molecular weight is 230 g/mol. The Morgan fingerprint density at radius 1 is 0.938 bits per heavy atom. The van der Waals surface area contributed by atoms with E-state index in [1.807, 2.05) is 0 Å². The Morgan fingerprint density at radius 3 is 1.38 bits per heavy atom. The van der Waals surface area contributed by atoms with Crippen molar-refractivity contribution >= 4 is 11.9 Å². The van der Waals surface area contributed by atoms with Crippen LogP contribution in [-0.4, -0.2) is 37.4 Å². The van der Waals surface area contributed by atoms with Gasteiger partial charge in [-0.2, -0.15) is 0 Å². The summed E-state index contributed by atoms with van der Waals surface area (Å²) in [6, 6.07) is 0. The molecule has 0 unspecified atom stereocenters. The van der Waals surface area contributed by atoms with Crippen molar-refractivity contribution in [2.24, 2.45) is 0 Å². The van der Waals surface area contributed by atoms with Gasteiger partial charge in [0.1, 0.15) is 13.2 Å². The Labute approximate surface area is 95.4 Å². The molecule has 0 aromatic rings. The molecule has 0 radical (unpaired) electrons. The van der Waals surface area contributed by atoms with Crippen molar-refractivity contribution in [1.29, 1.82) is 0 Å². The first kappa shape index (κ1) is 16.8. The van der Waals surface area contributed by atoms with Gasteiger partial charge in [-0.15, -0.1) is 0 Å². The molecule has 0 saturated heterocycles. The molecule has 0 atom stereocenters. The number of ether oxygens (including phenoxy) is 2. The van der Waals surface area contributed by atoms with Gasteiger partial charge in [-0.3, -0.25) is 0 Å². The second-order valence-corrected chi connectivity index (χ2v) is 2.83. The van der Waals surface area contributed by atoms with Gasteiger partial charge < -0.3 is 14.6 Å². The molecule has 0 rings (SSSR count). The summed E-state index contributed by atoms with van der Waals surface area (Å²) in [5.41, 5.74) is 0.632. The average Bonchev–Trinajstić information content (AvgIpc) is 2.26. The zero-order chi connectivity index (χ0) is 13.1. The first-order valence-electron chi connectivity index (χ1n) is 4.55. The third-order valence-electron chi connectivity index (χ3n) is 1.25. The minimum Gasteiger partial charge on any atom is -0.459 e. The molecule has 16 heavy (non-hydrogen) atoms. The van der Waals surface area contributed by atoms with Crippen LogP contribution < -0.4 is 0 Å². The van der Waals surface area contributed by atoms with Crippen LogP contribution >= 0.6 is 0 Å². The zero-order valence-corrected chi connectivity index (χ0v) is 9.91. The van der Waals surface area contributed by atoms with Gasteiger partial charge in [-0.05, 0) is 13.8 Å². The van der Waals surface area contributed by atoms with E-state index in [4.69, 9.17) is 5.11 Å². The van der Waals surface area contributed by atoms with Crippen LogP contribution in [0.3, 0.4) is 0 Å². The van der Waals surface area contributed by atoms with Gasteiger partial charge in [0.25, 0.3) is 0 Å². The Hall–Kier alpha value is -1.62. The largest absolute Gasteiger partial charge is 0.459 e. The van der Waals surface area contributed by atoms with Crippen molar-refractivity contribution in [3.63, 3.8) is 0 Å². The van der Waals surface area contributed by atoms with Crippen LogP contribution in [0.25, 0.3) is 0 Å². The number of carbonyl (C=O) groups is 2. The van der Waals surface area contributed by atoms with E-state index in [0.29, 0.717) is 11.1 Å². The van der Waals surface area contributed by atoms with Crippen LogP contribution in [0.15, 0.2) is 24.3 Å². The summed E-state index contributed by atoms with van der Waals surface area (Å²) < 4.78 is 9.38. The first-order chi connectivity index (χ1) is 7.45. The number of hydrogen-bond acceptors (Lipinski definition) is 5. The van der Waals surface area contributed by atoms with Crippen LogP contribution in [0, 0.1) is 0 Å². The van der Waals surface area contributed by atoms with E-state index in [0.717, 1.165) is 7.11 Å². The molecule has 1 N–H and O–H groups in total. The van der Waals surface area contributed by atoms with Gasteiger partial charge in [-0.25, -0.2) is 9.59 Å². The predicted octanol–water partition coefficient (Wildman–Crippen LogP) is 0.833. The number of aliphatic hydroxyl groups excluding tert-OH is 1. The molecule has 0 aliphatic carbocycles. The van der Waals surface area contributed by atoms with E-state index in [1.54, 1.807) is 13.8 Å². The standard InChI is InChI=1S/C10H14O4.CH4O/c1-7(2)9(11)13-5-6-14-10(12)8(3)4;1-2/h1,3,5-6H2,2,4H3;2H,1H3. The van der Waals surface area contributed by atoms with Gasteiger partial charge >= 0.3 is 11.9 Å². The Morgan fingerprint density at radius 2 is 1.19 bits per heavy atom. The summed E-state index contributed by atoms with van der Waals surface area (Å²) in [5, 5.41) is 7.00. The topological polar surface area (TPSA) is 72.8 Å². The maximum absolute atomic E-state index is 10.8. The highest BCUT2D eigenvalue weighted by Gasteiger charge is 2.05. The lowest BCUT2D eigenvalue weighted by atomic mass is 10.4. The lowest BCUT2D eigenvalue weighted by molar-refractivity contribution is -0.147. The van der Waals surface area contributed by atoms with Crippen molar-refractivity contribution in [3.8, 4) is 0 Å². The summed E-state index contributed by atoms with van der Waals surface area (Å²) in [6.45, 7) is 9.95. The van der Waals surface area contributed by atoms with E-state index >= 15 is 0 Å². The minimum absolute atomic E-state index is 0.0325. The molecule has 0 fully saturated rings. The van der Waals surface area contributed by atoms with Crippen LogP contribution in [0.5, 0.6) is 0 Å². The van der Waals surface area contributed by atoms with Gasteiger partial charge in [0.15, 0.2) is 0 Å². The number of hydrogen-bond donors (Lipinski definition) is 1. The summed E-state index contributed by atoms with van der Waals surface area (Å²) in [5.74, 6) is -0.979. The highest BCUT2D eigenvalue weighted by atomic mass is 16.6. The number of esters is 2. The summed E-state index contributed by atoms with van der Waals surface area (Å²) in [7, 11) is 1.00. The van der Waals surface area contributed by atoms with Crippen LogP contribution in [-0.2, 0) is 19.1 Å². The minimum atomic E-state index is -0.489. The molecule has 0 aliphatic rings. The monoisotopic (exact) mass is 230 g/mol. The quantitative estimate of drug-likeness (QED) is 0.430. The maximum Gasteiger partial charge on any atom is 0.333 e. The Kier molecular flexibility index (Phi) is 10.4. The second-order valence-electron chi connectivity index (χ2n) is 2.83. The molecule has 0 saturated carbocycles. The highest BCUT2D eigenvalue weighted by molar-refractivity contribution is 5.87. The van der Waals surface area contributed by atoms with Crippen LogP contribution in [0.1, 0.15) is 13.8 Å². The lowest BCUT2D eigenvalue weighted by Gasteiger charge is -2.05. The molecule has 0 bridgehead atoms. The van der Waals surface area contributed by atoms with E-state index in [1.165, 1.54) is 0 Å². The third-order valence-corrected chi connectivity index (χ3v) is 1.25. The van der Waals surface area contributed by atoms with Crippen molar-refractivity contribution < 1.29 is 24.2 Å². The van der Waals surface area contributed by atoms with Crippen molar-refractivity contribution in [2.75, 3.05) is 20.3 Å².